The van der Waals surface area contributed by atoms with E-state index in [2.05, 4.69) is 4.98 Å². The van der Waals surface area contributed by atoms with Crippen molar-refractivity contribution in [1.82, 2.24) is 4.98 Å². The Bertz CT molecular complexity index is 463. The van der Waals surface area contributed by atoms with E-state index < -0.39 is 0 Å². The zero-order valence-electron chi connectivity index (χ0n) is 10.0. The molecule has 0 atom stereocenters. The van der Waals surface area contributed by atoms with Gasteiger partial charge in [-0.2, -0.15) is 0 Å². The van der Waals surface area contributed by atoms with Crippen molar-refractivity contribution in [2.75, 3.05) is 7.11 Å². The number of hydrogen-bond donors (Lipinski definition) is 0. The number of aryl methyl sites for hydroxylation is 1. The summed E-state index contributed by atoms with van der Waals surface area (Å²) in [6.45, 7) is 2.49. The van der Waals surface area contributed by atoms with E-state index in [1.54, 1.807) is 13.3 Å². The lowest BCUT2D eigenvalue weighted by Crippen LogP contribution is -1.96. The average Bonchev–Trinajstić information content (AvgIpc) is 2.39. The number of hydrogen-bond acceptors (Lipinski definition) is 3. The van der Waals surface area contributed by atoms with E-state index in [9.17, 15) is 0 Å². The van der Waals surface area contributed by atoms with Crippen molar-refractivity contribution in [2.24, 2.45) is 0 Å². The van der Waals surface area contributed by atoms with Crippen molar-refractivity contribution in [3.05, 3.63) is 53.9 Å². The van der Waals surface area contributed by atoms with Crippen LogP contribution in [0.4, 0.5) is 0 Å². The molecule has 0 fully saturated rings. The van der Waals surface area contributed by atoms with Gasteiger partial charge < -0.3 is 9.47 Å². The maximum absolute atomic E-state index is 5.62. The van der Waals surface area contributed by atoms with Crippen LogP contribution in [-0.2, 0) is 6.61 Å². The van der Waals surface area contributed by atoms with Crippen LogP contribution < -0.4 is 9.47 Å². The molecule has 0 unspecified atom stereocenters. The molecule has 0 saturated heterocycles. The summed E-state index contributed by atoms with van der Waals surface area (Å²) >= 11 is 0. The molecule has 0 bridgehead atoms. The standard InChI is InChI=1S/C14H15NO2/c1-11-3-6-14(9-15-11)17-10-12-4-7-13(16-2)8-5-12/h3-9H,10H2,1-2H3. The SMILES string of the molecule is COc1ccc(COc2ccc(C)nc2)cc1. The van der Waals surface area contributed by atoms with E-state index >= 15 is 0 Å². The lowest BCUT2D eigenvalue weighted by Gasteiger charge is -2.06. The van der Waals surface area contributed by atoms with Crippen LogP contribution in [0.1, 0.15) is 11.3 Å². The van der Waals surface area contributed by atoms with Crippen molar-refractivity contribution in [3.63, 3.8) is 0 Å². The largest absolute Gasteiger partial charge is 0.497 e. The molecule has 1 aromatic heterocycles. The fourth-order valence-electron chi connectivity index (χ4n) is 1.43. The second kappa shape index (κ2) is 5.34. The van der Waals surface area contributed by atoms with E-state index in [0.29, 0.717) is 6.61 Å². The van der Waals surface area contributed by atoms with Crippen molar-refractivity contribution in [1.29, 1.82) is 0 Å². The highest BCUT2D eigenvalue weighted by Gasteiger charge is 1.97. The maximum Gasteiger partial charge on any atom is 0.138 e. The van der Waals surface area contributed by atoms with E-state index in [1.165, 1.54) is 0 Å². The maximum atomic E-state index is 5.62. The summed E-state index contributed by atoms with van der Waals surface area (Å²) in [6.07, 6.45) is 1.73. The summed E-state index contributed by atoms with van der Waals surface area (Å²) < 4.78 is 10.7. The van der Waals surface area contributed by atoms with Crippen LogP contribution in [-0.4, -0.2) is 12.1 Å². The van der Waals surface area contributed by atoms with Crippen LogP contribution >= 0.6 is 0 Å². The van der Waals surface area contributed by atoms with Gasteiger partial charge >= 0.3 is 0 Å². The van der Waals surface area contributed by atoms with Gasteiger partial charge in [-0.05, 0) is 36.8 Å². The first-order valence-electron chi connectivity index (χ1n) is 5.46. The minimum atomic E-state index is 0.536. The van der Waals surface area contributed by atoms with Gasteiger partial charge in [0.2, 0.25) is 0 Å². The first-order valence-corrected chi connectivity index (χ1v) is 5.46. The molecule has 3 heteroatoms. The molecule has 0 N–H and O–H groups in total. The molecule has 0 aliphatic heterocycles. The average molecular weight is 229 g/mol. The van der Waals surface area contributed by atoms with Gasteiger partial charge in [0.15, 0.2) is 0 Å². The van der Waals surface area contributed by atoms with Crippen LogP contribution in [0.25, 0.3) is 0 Å². The minimum absolute atomic E-state index is 0.536. The van der Waals surface area contributed by atoms with Gasteiger partial charge in [0.25, 0.3) is 0 Å². The quantitative estimate of drug-likeness (QED) is 0.807. The lowest BCUT2D eigenvalue weighted by molar-refractivity contribution is 0.304. The van der Waals surface area contributed by atoms with Crippen LogP contribution in [0.3, 0.4) is 0 Å². The Labute approximate surface area is 101 Å². The summed E-state index contributed by atoms with van der Waals surface area (Å²) in [5.41, 5.74) is 2.09. The predicted molar refractivity (Wildman–Crippen MR) is 66.3 cm³/mol. The fraction of sp³-hybridized carbons (Fsp3) is 0.214. The van der Waals surface area contributed by atoms with E-state index in [-0.39, 0.29) is 0 Å². The van der Waals surface area contributed by atoms with Gasteiger partial charge in [0.1, 0.15) is 18.1 Å². The Hall–Kier alpha value is -2.03. The lowest BCUT2D eigenvalue weighted by atomic mass is 10.2. The molecule has 88 valence electrons. The Kier molecular flexibility index (Phi) is 3.60. The molecular weight excluding hydrogens is 214 g/mol. The minimum Gasteiger partial charge on any atom is -0.497 e. The molecule has 0 aliphatic rings. The van der Waals surface area contributed by atoms with Crippen LogP contribution in [0, 0.1) is 6.92 Å². The smallest absolute Gasteiger partial charge is 0.138 e. The fourth-order valence-corrected chi connectivity index (χ4v) is 1.43. The van der Waals surface area contributed by atoms with Crippen molar-refractivity contribution < 1.29 is 9.47 Å². The number of nitrogens with zero attached hydrogens (tertiary/aromatic N) is 1. The van der Waals surface area contributed by atoms with Crippen LogP contribution in [0.2, 0.25) is 0 Å². The summed E-state index contributed by atoms with van der Waals surface area (Å²) in [5.74, 6) is 1.64. The zero-order valence-corrected chi connectivity index (χ0v) is 10.0. The first-order chi connectivity index (χ1) is 8.28. The van der Waals surface area contributed by atoms with Gasteiger partial charge in [0.05, 0.1) is 13.3 Å². The predicted octanol–water partition coefficient (Wildman–Crippen LogP) is 2.98. The molecule has 0 amide bonds. The van der Waals surface area contributed by atoms with Gasteiger partial charge in [-0.3, -0.25) is 4.98 Å². The number of aromatic nitrogens is 1. The summed E-state index contributed by atoms with van der Waals surface area (Å²) in [6, 6.07) is 11.7. The number of rotatable bonds is 4. The molecular formula is C14H15NO2. The molecule has 0 aliphatic carbocycles. The molecule has 0 saturated carbocycles. The Morgan fingerprint density at radius 1 is 1.00 bits per heavy atom. The van der Waals surface area contributed by atoms with Gasteiger partial charge in [-0.25, -0.2) is 0 Å². The highest BCUT2D eigenvalue weighted by atomic mass is 16.5. The zero-order chi connectivity index (χ0) is 12.1. The van der Waals surface area contributed by atoms with Gasteiger partial charge in [-0.1, -0.05) is 12.1 Å². The molecule has 3 nitrogen and oxygen atoms in total. The van der Waals surface area contributed by atoms with Crippen LogP contribution in [0.15, 0.2) is 42.6 Å². The van der Waals surface area contributed by atoms with Crippen LogP contribution in [0.5, 0.6) is 11.5 Å². The van der Waals surface area contributed by atoms with Gasteiger partial charge in [-0.15, -0.1) is 0 Å². The molecule has 17 heavy (non-hydrogen) atoms. The van der Waals surface area contributed by atoms with Crippen molar-refractivity contribution in [3.8, 4) is 11.5 Å². The van der Waals surface area contributed by atoms with E-state index in [1.807, 2.05) is 43.3 Å². The first kappa shape index (κ1) is 11.5. The summed E-state index contributed by atoms with van der Waals surface area (Å²) in [4.78, 5) is 4.17. The van der Waals surface area contributed by atoms with E-state index in [0.717, 1.165) is 22.8 Å². The third-order valence-electron chi connectivity index (χ3n) is 2.45. The third kappa shape index (κ3) is 3.21. The second-order valence-corrected chi connectivity index (χ2v) is 3.77. The Morgan fingerprint density at radius 2 is 1.71 bits per heavy atom. The highest BCUT2D eigenvalue weighted by molar-refractivity contribution is 5.27. The van der Waals surface area contributed by atoms with Gasteiger partial charge in [0, 0.05) is 5.69 Å². The topological polar surface area (TPSA) is 31.4 Å². The number of benzene rings is 1. The molecule has 0 spiro atoms. The van der Waals surface area contributed by atoms with Crippen molar-refractivity contribution >= 4 is 0 Å². The second-order valence-electron chi connectivity index (χ2n) is 3.77. The Morgan fingerprint density at radius 3 is 2.29 bits per heavy atom. The normalized spacial score (nSPS) is 10.0. The molecule has 0 radical (unpaired) electrons. The Balaban J connectivity index is 1.95. The number of ether oxygens (including phenoxy) is 2. The molecule has 1 heterocycles. The third-order valence-corrected chi connectivity index (χ3v) is 2.45. The molecule has 2 aromatic rings. The number of methoxy groups -OCH3 is 1. The highest BCUT2D eigenvalue weighted by Crippen LogP contribution is 2.14. The molecule has 1 aromatic carbocycles. The summed E-state index contributed by atoms with van der Waals surface area (Å²) in [7, 11) is 1.66. The van der Waals surface area contributed by atoms with Crippen molar-refractivity contribution in [2.45, 2.75) is 13.5 Å². The number of pyridine rings is 1. The monoisotopic (exact) mass is 229 g/mol. The van der Waals surface area contributed by atoms with E-state index in [4.69, 9.17) is 9.47 Å². The summed E-state index contributed by atoms with van der Waals surface area (Å²) in [5, 5.41) is 0. The molecule has 2 rings (SSSR count).